The van der Waals surface area contributed by atoms with Gasteiger partial charge in [0.25, 0.3) is 5.91 Å². The molecule has 0 bridgehead atoms. The van der Waals surface area contributed by atoms with Gasteiger partial charge in [0.15, 0.2) is 0 Å². The summed E-state index contributed by atoms with van der Waals surface area (Å²) in [4.78, 5) is 14.7. The number of nitrogens with one attached hydrogen (secondary N) is 1. The predicted octanol–water partition coefficient (Wildman–Crippen LogP) is 3.97. The Morgan fingerprint density at radius 2 is 1.88 bits per heavy atom. The second-order valence-electron chi connectivity index (χ2n) is 7.58. The lowest BCUT2D eigenvalue weighted by atomic mass is 9.92. The van der Waals surface area contributed by atoms with Gasteiger partial charge in [-0.1, -0.05) is 12.1 Å². The molecule has 0 aromatic heterocycles. The maximum absolute atomic E-state index is 13.8. The highest BCUT2D eigenvalue weighted by molar-refractivity contribution is 6.36. The summed E-state index contributed by atoms with van der Waals surface area (Å²) in [5.74, 6) is -0.123. The molecule has 0 fully saturated rings. The lowest BCUT2D eigenvalue weighted by Gasteiger charge is -2.20. The summed E-state index contributed by atoms with van der Waals surface area (Å²) in [6.45, 7) is 4.79. The van der Waals surface area contributed by atoms with Gasteiger partial charge in [-0.25, -0.2) is 4.39 Å². The first kappa shape index (κ1) is 16.8. The summed E-state index contributed by atoms with van der Waals surface area (Å²) in [6.07, 6.45) is 0. The van der Waals surface area contributed by atoms with Gasteiger partial charge in [-0.3, -0.25) is 4.79 Å². The molecular formula is C21H21FN2O2. The first-order valence-electron chi connectivity index (χ1n) is 8.59. The molecule has 0 unspecified atom stereocenters. The van der Waals surface area contributed by atoms with Gasteiger partial charge in [-0.05, 0) is 57.8 Å². The first-order chi connectivity index (χ1) is 12.3. The summed E-state index contributed by atoms with van der Waals surface area (Å²) in [7, 11) is 4.05. The minimum Gasteiger partial charge on any atom is -0.482 e. The fourth-order valence-corrected chi connectivity index (χ4v) is 3.67. The lowest BCUT2D eigenvalue weighted by Crippen LogP contribution is -2.16. The van der Waals surface area contributed by atoms with E-state index in [1.807, 2.05) is 40.1 Å². The van der Waals surface area contributed by atoms with E-state index < -0.39 is 5.60 Å². The quantitative estimate of drug-likeness (QED) is 0.832. The van der Waals surface area contributed by atoms with Gasteiger partial charge in [0.1, 0.15) is 17.2 Å². The minimum atomic E-state index is -0.559. The van der Waals surface area contributed by atoms with Crippen molar-refractivity contribution in [2.75, 3.05) is 19.4 Å². The van der Waals surface area contributed by atoms with Crippen molar-refractivity contribution < 1.29 is 13.9 Å². The van der Waals surface area contributed by atoms with Crippen LogP contribution in [-0.2, 0) is 21.7 Å². The van der Waals surface area contributed by atoms with E-state index in [2.05, 4.69) is 16.3 Å². The largest absolute Gasteiger partial charge is 0.482 e. The van der Waals surface area contributed by atoms with Crippen LogP contribution in [0.3, 0.4) is 0 Å². The van der Waals surface area contributed by atoms with Gasteiger partial charge < -0.3 is 15.0 Å². The normalized spacial score (nSPS) is 20.0. The maximum atomic E-state index is 13.8. The standard InChI is InChI=1S/C21H21FN2O2/c1-21(2)16-9-12(11-24(3)4)5-7-14(16)19(26-21)18-15-10-13(22)6-8-17(15)23-20(18)25/h5-10H,11H2,1-4H3,(H,23,25). The highest BCUT2D eigenvalue weighted by atomic mass is 19.1. The van der Waals surface area contributed by atoms with Crippen LogP contribution in [-0.4, -0.2) is 24.9 Å². The molecule has 0 atom stereocenters. The van der Waals surface area contributed by atoms with Crippen molar-refractivity contribution in [2.24, 2.45) is 0 Å². The van der Waals surface area contributed by atoms with Crippen LogP contribution in [0.5, 0.6) is 0 Å². The van der Waals surface area contributed by atoms with Crippen LogP contribution in [0.1, 0.15) is 36.1 Å². The van der Waals surface area contributed by atoms with Gasteiger partial charge in [-0.2, -0.15) is 0 Å². The number of hydrogen-bond acceptors (Lipinski definition) is 3. The zero-order chi connectivity index (χ0) is 18.6. The molecule has 0 spiro atoms. The third kappa shape index (κ3) is 2.59. The summed E-state index contributed by atoms with van der Waals surface area (Å²) < 4.78 is 20.0. The van der Waals surface area contributed by atoms with Gasteiger partial charge in [0, 0.05) is 28.9 Å². The summed E-state index contributed by atoms with van der Waals surface area (Å²) in [5, 5.41) is 2.80. The fourth-order valence-electron chi connectivity index (χ4n) is 3.67. The first-order valence-corrected chi connectivity index (χ1v) is 8.59. The van der Waals surface area contributed by atoms with Crippen LogP contribution >= 0.6 is 0 Å². The second-order valence-corrected chi connectivity index (χ2v) is 7.58. The minimum absolute atomic E-state index is 0.262. The van der Waals surface area contributed by atoms with E-state index in [9.17, 15) is 9.18 Å². The third-order valence-electron chi connectivity index (χ3n) is 4.79. The number of benzene rings is 2. The molecule has 5 heteroatoms. The topological polar surface area (TPSA) is 41.6 Å². The van der Waals surface area contributed by atoms with Crippen LogP contribution in [0.4, 0.5) is 10.1 Å². The maximum Gasteiger partial charge on any atom is 0.260 e. The molecule has 4 rings (SSSR count). The Hall–Kier alpha value is -2.66. The van der Waals surface area contributed by atoms with Crippen LogP contribution in [0.25, 0.3) is 11.3 Å². The molecule has 134 valence electrons. The number of carbonyl (C=O) groups excluding carboxylic acids is 1. The summed E-state index contributed by atoms with van der Waals surface area (Å²) in [6, 6.07) is 10.5. The Kier molecular flexibility index (Phi) is 3.66. The van der Waals surface area contributed by atoms with Crippen molar-refractivity contribution in [3.8, 4) is 0 Å². The van der Waals surface area contributed by atoms with E-state index in [0.29, 0.717) is 22.6 Å². The van der Waals surface area contributed by atoms with E-state index in [4.69, 9.17) is 4.74 Å². The Morgan fingerprint density at radius 3 is 2.62 bits per heavy atom. The molecule has 2 aliphatic heterocycles. The molecule has 0 aliphatic carbocycles. The van der Waals surface area contributed by atoms with Crippen molar-refractivity contribution in [1.82, 2.24) is 4.90 Å². The molecular weight excluding hydrogens is 331 g/mol. The molecule has 1 N–H and O–H groups in total. The number of nitrogens with zero attached hydrogens (tertiary/aromatic N) is 1. The van der Waals surface area contributed by atoms with E-state index in [0.717, 1.165) is 17.7 Å². The zero-order valence-electron chi connectivity index (χ0n) is 15.3. The SMILES string of the molecule is CN(C)Cc1ccc2c(c1)C(C)(C)OC2=C1C(=O)Nc2ccc(F)cc21. The average molecular weight is 352 g/mol. The molecule has 26 heavy (non-hydrogen) atoms. The molecule has 0 saturated heterocycles. The number of ether oxygens (including phenoxy) is 1. The molecule has 2 heterocycles. The Balaban J connectivity index is 1.90. The van der Waals surface area contributed by atoms with Crippen molar-refractivity contribution in [2.45, 2.75) is 26.0 Å². The van der Waals surface area contributed by atoms with Gasteiger partial charge >= 0.3 is 0 Å². The Bertz CT molecular complexity index is 960. The predicted molar refractivity (Wildman–Crippen MR) is 99.8 cm³/mol. The highest BCUT2D eigenvalue weighted by Crippen LogP contribution is 2.48. The summed E-state index contributed by atoms with van der Waals surface area (Å²) >= 11 is 0. The van der Waals surface area contributed by atoms with E-state index in [1.165, 1.54) is 17.7 Å². The number of halogens is 1. The molecule has 2 aliphatic rings. The zero-order valence-corrected chi connectivity index (χ0v) is 15.3. The number of carbonyl (C=O) groups is 1. The van der Waals surface area contributed by atoms with Crippen LogP contribution < -0.4 is 5.32 Å². The number of anilines is 1. The van der Waals surface area contributed by atoms with Crippen LogP contribution in [0.2, 0.25) is 0 Å². The fraction of sp³-hybridized carbons (Fsp3) is 0.286. The highest BCUT2D eigenvalue weighted by Gasteiger charge is 2.40. The van der Waals surface area contributed by atoms with Crippen molar-refractivity contribution in [3.05, 3.63) is 64.5 Å². The van der Waals surface area contributed by atoms with Gasteiger partial charge in [0.05, 0.1) is 5.57 Å². The average Bonchev–Trinajstić information content (AvgIpc) is 3.00. The van der Waals surface area contributed by atoms with Crippen molar-refractivity contribution in [3.63, 3.8) is 0 Å². The molecule has 2 aromatic rings. The van der Waals surface area contributed by atoms with Crippen molar-refractivity contribution >= 4 is 22.9 Å². The molecule has 4 nitrogen and oxygen atoms in total. The van der Waals surface area contributed by atoms with E-state index in [1.54, 1.807) is 6.07 Å². The Morgan fingerprint density at radius 1 is 1.12 bits per heavy atom. The molecule has 0 saturated carbocycles. The number of hydrogen-bond donors (Lipinski definition) is 1. The van der Waals surface area contributed by atoms with E-state index >= 15 is 0 Å². The van der Waals surface area contributed by atoms with Gasteiger partial charge in [-0.15, -0.1) is 0 Å². The van der Waals surface area contributed by atoms with Gasteiger partial charge in [0.2, 0.25) is 0 Å². The summed E-state index contributed by atoms with van der Waals surface area (Å²) in [5.41, 5.74) is 4.10. The van der Waals surface area contributed by atoms with E-state index in [-0.39, 0.29) is 11.7 Å². The van der Waals surface area contributed by atoms with Crippen molar-refractivity contribution in [1.29, 1.82) is 0 Å². The molecule has 2 aromatic carbocycles. The lowest BCUT2D eigenvalue weighted by molar-refractivity contribution is -0.110. The smallest absolute Gasteiger partial charge is 0.260 e. The number of fused-ring (bicyclic) bond motifs is 2. The number of rotatable bonds is 2. The molecule has 1 amide bonds. The Labute approximate surface area is 152 Å². The number of amides is 1. The van der Waals surface area contributed by atoms with Crippen LogP contribution in [0.15, 0.2) is 36.4 Å². The molecule has 0 radical (unpaired) electrons. The van der Waals surface area contributed by atoms with Crippen LogP contribution in [0, 0.1) is 5.82 Å². The third-order valence-corrected chi connectivity index (χ3v) is 4.79. The second kappa shape index (κ2) is 5.68. The monoisotopic (exact) mass is 352 g/mol.